The van der Waals surface area contributed by atoms with Crippen molar-refractivity contribution in [3.63, 3.8) is 0 Å². The Kier molecular flexibility index (Phi) is 5.96. The summed E-state index contributed by atoms with van der Waals surface area (Å²) in [6.45, 7) is 2.38. The Morgan fingerprint density at radius 2 is 2.04 bits per heavy atom. The highest BCUT2D eigenvalue weighted by Crippen LogP contribution is 2.24. The maximum absolute atomic E-state index is 12.2. The molecule has 5 nitrogen and oxygen atoms in total. The fourth-order valence-corrected chi connectivity index (χ4v) is 3.56. The van der Waals surface area contributed by atoms with E-state index >= 15 is 0 Å². The van der Waals surface area contributed by atoms with Gasteiger partial charge in [0.05, 0.1) is 6.54 Å². The molecule has 26 heavy (non-hydrogen) atoms. The topological polar surface area (TPSA) is 70.6 Å². The Bertz CT molecular complexity index is 855. The van der Waals surface area contributed by atoms with Crippen molar-refractivity contribution >= 4 is 46.0 Å². The number of amides is 2. The summed E-state index contributed by atoms with van der Waals surface area (Å²) in [5.41, 5.74) is 2.62. The summed E-state index contributed by atoms with van der Waals surface area (Å²) < 4.78 is 0. The number of aliphatic imine (C=N–C) groups is 1. The van der Waals surface area contributed by atoms with Gasteiger partial charge in [0.15, 0.2) is 5.17 Å². The van der Waals surface area contributed by atoms with Gasteiger partial charge in [0, 0.05) is 17.1 Å². The van der Waals surface area contributed by atoms with Crippen LogP contribution >= 0.6 is 23.4 Å². The van der Waals surface area contributed by atoms with Crippen LogP contribution < -0.4 is 10.6 Å². The van der Waals surface area contributed by atoms with Crippen molar-refractivity contribution in [3.05, 3.63) is 64.7 Å². The van der Waals surface area contributed by atoms with Gasteiger partial charge in [-0.15, -0.1) is 0 Å². The monoisotopic (exact) mass is 387 g/mol. The van der Waals surface area contributed by atoms with E-state index < -0.39 is 5.25 Å². The van der Waals surface area contributed by atoms with Crippen LogP contribution in [0, 0.1) is 6.92 Å². The highest BCUT2D eigenvalue weighted by molar-refractivity contribution is 8.15. The average molecular weight is 388 g/mol. The van der Waals surface area contributed by atoms with Crippen molar-refractivity contribution in [1.82, 2.24) is 5.32 Å². The first-order chi connectivity index (χ1) is 12.5. The third-order valence-electron chi connectivity index (χ3n) is 3.85. The van der Waals surface area contributed by atoms with Crippen LogP contribution in [-0.4, -0.2) is 22.2 Å². The molecule has 2 N–H and O–H groups in total. The second-order valence-electron chi connectivity index (χ2n) is 5.92. The molecule has 1 aliphatic rings. The number of thioether (sulfide) groups is 1. The first-order valence-electron chi connectivity index (χ1n) is 8.13. The quantitative estimate of drug-likeness (QED) is 0.820. The predicted octanol–water partition coefficient (Wildman–Crippen LogP) is 3.76. The van der Waals surface area contributed by atoms with Crippen molar-refractivity contribution in [1.29, 1.82) is 0 Å². The molecule has 1 unspecified atom stereocenters. The molecule has 1 fully saturated rings. The van der Waals surface area contributed by atoms with Crippen LogP contribution in [0.4, 0.5) is 5.69 Å². The summed E-state index contributed by atoms with van der Waals surface area (Å²) in [6.07, 6.45) is 0.0757. The molecule has 1 atom stereocenters. The van der Waals surface area contributed by atoms with Crippen LogP contribution in [0.1, 0.15) is 17.5 Å². The first-order valence-corrected chi connectivity index (χ1v) is 9.39. The highest BCUT2D eigenvalue weighted by atomic mass is 35.5. The number of carbonyl (C=O) groups is 2. The molecule has 0 bridgehead atoms. The van der Waals surface area contributed by atoms with E-state index in [2.05, 4.69) is 15.6 Å². The van der Waals surface area contributed by atoms with Gasteiger partial charge >= 0.3 is 0 Å². The fraction of sp³-hybridized carbons (Fsp3) is 0.211. The Morgan fingerprint density at radius 3 is 2.77 bits per heavy atom. The summed E-state index contributed by atoms with van der Waals surface area (Å²) in [4.78, 5) is 28.7. The van der Waals surface area contributed by atoms with Gasteiger partial charge in [-0.3, -0.25) is 14.6 Å². The molecule has 2 amide bonds. The minimum Gasteiger partial charge on any atom is -0.326 e. The zero-order chi connectivity index (χ0) is 18.5. The lowest BCUT2D eigenvalue weighted by atomic mass is 10.2. The number of rotatable bonds is 5. The Morgan fingerprint density at radius 1 is 1.27 bits per heavy atom. The lowest BCUT2D eigenvalue weighted by molar-refractivity contribution is -0.122. The molecule has 7 heteroatoms. The molecule has 2 aromatic carbocycles. The van der Waals surface area contributed by atoms with Crippen LogP contribution in [0.25, 0.3) is 0 Å². The van der Waals surface area contributed by atoms with Crippen LogP contribution in [-0.2, 0) is 16.1 Å². The molecule has 1 saturated heterocycles. The Labute approximate surface area is 161 Å². The van der Waals surface area contributed by atoms with E-state index in [1.165, 1.54) is 11.8 Å². The largest absolute Gasteiger partial charge is 0.326 e. The molecular formula is C19H18ClN3O2S. The minimum atomic E-state index is -0.481. The van der Waals surface area contributed by atoms with Crippen LogP contribution in [0.15, 0.2) is 53.5 Å². The van der Waals surface area contributed by atoms with E-state index in [1.54, 1.807) is 12.1 Å². The number of aryl methyl sites for hydroxylation is 1. The number of amidine groups is 1. The Hall–Kier alpha value is -2.31. The predicted molar refractivity (Wildman–Crippen MR) is 107 cm³/mol. The third kappa shape index (κ3) is 4.86. The van der Waals surface area contributed by atoms with E-state index in [4.69, 9.17) is 11.6 Å². The number of halogens is 1. The van der Waals surface area contributed by atoms with Crippen molar-refractivity contribution in [2.45, 2.75) is 25.1 Å². The smallest absolute Gasteiger partial charge is 0.240 e. The Balaban J connectivity index is 1.55. The summed E-state index contributed by atoms with van der Waals surface area (Å²) in [6, 6.07) is 15.1. The number of anilines is 1. The lowest BCUT2D eigenvalue weighted by Crippen LogP contribution is -2.28. The highest BCUT2D eigenvalue weighted by Gasteiger charge is 2.31. The summed E-state index contributed by atoms with van der Waals surface area (Å²) in [7, 11) is 0. The molecule has 1 heterocycles. The minimum absolute atomic E-state index is 0.0757. The SMILES string of the molecule is Cc1ccc(NC(=O)CC2SC(=NCc3ccccc3)NC2=O)cc1Cl. The number of hydrogen-bond acceptors (Lipinski definition) is 4. The van der Waals surface area contributed by atoms with Crippen molar-refractivity contribution < 1.29 is 9.59 Å². The van der Waals surface area contributed by atoms with Crippen molar-refractivity contribution in [2.75, 3.05) is 5.32 Å². The number of nitrogens with zero attached hydrogens (tertiary/aromatic N) is 1. The number of hydrogen-bond donors (Lipinski definition) is 2. The van der Waals surface area contributed by atoms with Crippen LogP contribution in [0.5, 0.6) is 0 Å². The molecule has 0 aromatic heterocycles. The zero-order valence-corrected chi connectivity index (χ0v) is 15.7. The third-order valence-corrected chi connectivity index (χ3v) is 5.38. The van der Waals surface area contributed by atoms with Gasteiger partial charge in [-0.2, -0.15) is 0 Å². The first kappa shape index (κ1) is 18.5. The van der Waals surface area contributed by atoms with E-state index in [0.717, 1.165) is 11.1 Å². The summed E-state index contributed by atoms with van der Waals surface area (Å²) in [5, 5.41) is 6.17. The van der Waals surface area contributed by atoms with E-state index in [9.17, 15) is 9.59 Å². The van der Waals surface area contributed by atoms with Crippen molar-refractivity contribution in [2.24, 2.45) is 4.99 Å². The maximum Gasteiger partial charge on any atom is 0.240 e. The fourth-order valence-electron chi connectivity index (χ4n) is 2.41. The zero-order valence-electron chi connectivity index (χ0n) is 14.2. The normalized spacial score (nSPS) is 18.0. The summed E-state index contributed by atoms with van der Waals surface area (Å²) in [5.74, 6) is -0.430. The molecule has 0 aliphatic carbocycles. The van der Waals surface area contributed by atoms with Crippen molar-refractivity contribution in [3.8, 4) is 0 Å². The lowest BCUT2D eigenvalue weighted by Gasteiger charge is -2.08. The molecule has 3 rings (SSSR count). The van der Waals surface area contributed by atoms with Gasteiger partial charge in [-0.1, -0.05) is 59.8 Å². The average Bonchev–Trinajstić information content (AvgIpc) is 2.97. The standard InChI is InChI=1S/C19H18ClN3O2S/c1-12-7-8-14(9-15(12)20)22-17(24)10-16-18(25)23-19(26-16)21-11-13-5-3-2-4-6-13/h2-9,16H,10-11H2,1H3,(H,22,24)(H,21,23,25). The molecular weight excluding hydrogens is 370 g/mol. The number of nitrogens with one attached hydrogen (secondary N) is 2. The van der Waals surface area contributed by atoms with E-state index in [-0.39, 0.29) is 18.2 Å². The molecule has 1 aliphatic heterocycles. The van der Waals surface area contributed by atoms with Gasteiger partial charge < -0.3 is 10.6 Å². The van der Waals surface area contributed by atoms with E-state index in [1.807, 2.05) is 43.3 Å². The van der Waals surface area contributed by atoms with E-state index in [0.29, 0.717) is 22.4 Å². The molecule has 134 valence electrons. The van der Waals surface area contributed by atoms with Gasteiger partial charge in [-0.05, 0) is 30.2 Å². The summed E-state index contributed by atoms with van der Waals surface area (Å²) >= 11 is 7.34. The van der Waals surface area contributed by atoms with Crippen LogP contribution in [0.3, 0.4) is 0 Å². The molecule has 0 radical (unpaired) electrons. The molecule has 2 aromatic rings. The molecule has 0 spiro atoms. The van der Waals surface area contributed by atoms with Gasteiger partial charge in [0.1, 0.15) is 5.25 Å². The maximum atomic E-state index is 12.2. The van der Waals surface area contributed by atoms with Gasteiger partial charge in [0.25, 0.3) is 0 Å². The number of benzene rings is 2. The number of carbonyl (C=O) groups excluding carboxylic acids is 2. The second-order valence-corrected chi connectivity index (χ2v) is 7.52. The molecule has 0 saturated carbocycles. The van der Waals surface area contributed by atoms with Gasteiger partial charge in [0.2, 0.25) is 11.8 Å². The van der Waals surface area contributed by atoms with Crippen LogP contribution in [0.2, 0.25) is 5.02 Å². The second kappa shape index (κ2) is 8.38. The van der Waals surface area contributed by atoms with Gasteiger partial charge in [-0.25, -0.2) is 0 Å².